The maximum atomic E-state index is 14.5. The molecule has 4 aliphatic carbocycles. The molecule has 1 aromatic carbocycles. The van der Waals surface area contributed by atoms with Crippen LogP contribution < -0.4 is 9.64 Å². The van der Waals surface area contributed by atoms with Gasteiger partial charge in [0.1, 0.15) is 11.3 Å². The fourth-order valence-electron chi connectivity index (χ4n) is 7.07. The van der Waals surface area contributed by atoms with Crippen LogP contribution in [-0.4, -0.2) is 47.0 Å². The number of fused-ring (bicyclic) bond motifs is 3. The van der Waals surface area contributed by atoms with E-state index in [-0.39, 0.29) is 11.3 Å². The summed E-state index contributed by atoms with van der Waals surface area (Å²) in [4.78, 5) is 24.6. The number of alkyl halides is 1. The Labute approximate surface area is 220 Å². The molecule has 4 saturated carbocycles. The molecule has 2 aromatic heterocycles. The highest BCUT2D eigenvalue weighted by molar-refractivity contribution is 6.00. The first-order valence-electron chi connectivity index (χ1n) is 13.3. The van der Waals surface area contributed by atoms with Gasteiger partial charge in [-0.1, -0.05) is 17.3 Å². The van der Waals surface area contributed by atoms with Gasteiger partial charge in [-0.2, -0.15) is 4.98 Å². The minimum Gasteiger partial charge on any atom is -0.481 e. The van der Waals surface area contributed by atoms with Crippen molar-refractivity contribution in [1.82, 2.24) is 15.1 Å². The Morgan fingerprint density at radius 1 is 1.11 bits per heavy atom. The molecule has 2 saturated heterocycles. The number of ether oxygens (including phenoxy) is 2. The van der Waals surface area contributed by atoms with Gasteiger partial charge in [-0.15, -0.1) is 0 Å². The van der Waals surface area contributed by atoms with Crippen molar-refractivity contribution in [3.63, 3.8) is 0 Å². The van der Waals surface area contributed by atoms with E-state index in [1.54, 1.807) is 13.3 Å². The van der Waals surface area contributed by atoms with Crippen LogP contribution in [-0.2, 0) is 15.1 Å². The minimum atomic E-state index is -1.14. The highest BCUT2D eigenvalue weighted by Crippen LogP contribution is 2.70. The van der Waals surface area contributed by atoms with Crippen LogP contribution in [0.3, 0.4) is 0 Å². The Kier molecular flexibility index (Phi) is 5.06. The average molecular weight is 519 g/mol. The molecule has 6 fully saturated rings. The summed E-state index contributed by atoms with van der Waals surface area (Å²) in [5, 5.41) is 3.97. The van der Waals surface area contributed by atoms with Crippen LogP contribution in [0.25, 0.3) is 11.1 Å². The lowest BCUT2D eigenvalue weighted by Gasteiger charge is -2.65. The molecule has 0 radical (unpaired) electrons. The molecule has 198 valence electrons. The molecule has 6 aliphatic rings. The Morgan fingerprint density at radius 2 is 1.87 bits per heavy atom. The first-order chi connectivity index (χ1) is 18.3. The van der Waals surface area contributed by atoms with Gasteiger partial charge in [0.2, 0.25) is 11.8 Å². The van der Waals surface area contributed by atoms with Crippen LogP contribution in [0.15, 0.2) is 47.1 Å². The highest BCUT2D eigenvalue weighted by Gasteiger charge is 2.73. The van der Waals surface area contributed by atoms with Gasteiger partial charge in [0.15, 0.2) is 5.82 Å². The third-order valence-corrected chi connectivity index (χ3v) is 9.28. The lowest BCUT2D eigenvalue weighted by Crippen LogP contribution is -2.71. The average Bonchev–Trinajstić information content (AvgIpc) is 3.37. The fraction of sp³-hybridized carbons (Fsp3) is 0.517. The third kappa shape index (κ3) is 3.58. The van der Waals surface area contributed by atoms with Crippen LogP contribution in [0.1, 0.15) is 56.7 Å². The van der Waals surface area contributed by atoms with Crippen molar-refractivity contribution < 1.29 is 23.2 Å². The molecule has 0 spiro atoms. The molecule has 9 rings (SSSR count). The second kappa shape index (κ2) is 8.09. The van der Waals surface area contributed by atoms with Crippen molar-refractivity contribution in [2.75, 3.05) is 25.2 Å². The Bertz CT molecular complexity index is 1380. The summed E-state index contributed by atoms with van der Waals surface area (Å²) >= 11 is 0. The predicted molar refractivity (Wildman–Crippen MR) is 136 cm³/mol. The Morgan fingerprint density at radius 3 is 2.50 bits per heavy atom. The normalized spacial score (nSPS) is 32.8. The number of carbonyl (C=O) groups excluding carboxylic acids is 1. The zero-order valence-electron chi connectivity index (χ0n) is 21.7. The molecular weight excluding hydrogens is 487 g/mol. The van der Waals surface area contributed by atoms with Crippen molar-refractivity contribution in [3.05, 3.63) is 54.3 Å². The molecule has 4 heterocycles. The summed E-state index contributed by atoms with van der Waals surface area (Å²) in [7, 11) is 1.59. The largest absolute Gasteiger partial charge is 0.481 e. The number of halogens is 1. The monoisotopic (exact) mass is 518 g/mol. The van der Waals surface area contributed by atoms with Gasteiger partial charge < -0.3 is 18.9 Å². The van der Waals surface area contributed by atoms with E-state index in [1.807, 2.05) is 48.2 Å². The topological polar surface area (TPSA) is 90.6 Å². The predicted octanol–water partition coefficient (Wildman–Crippen LogP) is 5.16. The van der Waals surface area contributed by atoms with E-state index in [0.29, 0.717) is 50.0 Å². The number of hydrogen-bond donors (Lipinski definition) is 0. The molecule has 2 aliphatic heterocycles. The van der Waals surface area contributed by atoms with Crippen molar-refractivity contribution in [2.24, 2.45) is 10.8 Å². The van der Waals surface area contributed by atoms with Crippen molar-refractivity contribution in [1.29, 1.82) is 0 Å². The molecule has 0 unspecified atom stereocenters. The molecule has 3 aromatic rings. The van der Waals surface area contributed by atoms with Gasteiger partial charge in [0.05, 0.1) is 19.1 Å². The first-order valence-corrected chi connectivity index (χ1v) is 13.3. The summed E-state index contributed by atoms with van der Waals surface area (Å²) in [5.74, 6) is 1.72. The second-order valence-corrected chi connectivity index (χ2v) is 11.9. The number of benzene rings is 1. The van der Waals surface area contributed by atoms with Crippen LogP contribution in [0.4, 0.5) is 10.1 Å². The highest BCUT2D eigenvalue weighted by atomic mass is 19.1. The number of methoxy groups -OCH3 is 1. The number of aromatic nitrogens is 3. The van der Waals surface area contributed by atoms with Crippen molar-refractivity contribution >= 4 is 11.6 Å². The molecular formula is C29H31FN4O4. The third-order valence-electron chi connectivity index (χ3n) is 9.28. The number of nitrogens with zero attached hydrogens (tertiary/aromatic N) is 4. The summed E-state index contributed by atoms with van der Waals surface area (Å²) in [6, 6.07) is 11.8. The van der Waals surface area contributed by atoms with Gasteiger partial charge in [0.25, 0.3) is 5.89 Å². The SMILES string of the molecule is COc1cc(-c2cccc(N(CC34CCC(c5nc(C)no5)(CC3)OC4)C(=O)C34CC(F)(C3)C4)c2)ccn1. The summed E-state index contributed by atoms with van der Waals surface area (Å²) in [6.45, 7) is 2.86. The minimum absolute atomic E-state index is 0.0331. The molecule has 1 amide bonds. The Hall–Kier alpha value is -3.33. The lowest BCUT2D eigenvalue weighted by molar-refractivity contribution is -0.214. The van der Waals surface area contributed by atoms with E-state index in [9.17, 15) is 9.18 Å². The lowest BCUT2D eigenvalue weighted by atomic mass is 9.41. The summed E-state index contributed by atoms with van der Waals surface area (Å²) < 4.78 is 31.7. The molecule has 38 heavy (non-hydrogen) atoms. The number of anilines is 1. The smallest absolute Gasteiger partial charge is 0.258 e. The number of carbonyl (C=O) groups is 1. The second-order valence-electron chi connectivity index (χ2n) is 11.9. The van der Waals surface area contributed by atoms with E-state index in [2.05, 4.69) is 15.1 Å². The van der Waals surface area contributed by atoms with E-state index < -0.39 is 16.7 Å². The van der Waals surface area contributed by atoms with Crippen LogP contribution >= 0.6 is 0 Å². The van der Waals surface area contributed by atoms with Gasteiger partial charge in [0, 0.05) is 29.9 Å². The first kappa shape index (κ1) is 23.8. The van der Waals surface area contributed by atoms with Gasteiger partial charge >= 0.3 is 0 Å². The number of pyridine rings is 1. The Balaban J connectivity index is 1.19. The van der Waals surface area contributed by atoms with Gasteiger partial charge in [-0.05, 0) is 81.2 Å². The standard InChI is InChI=1S/C29H31FN4O4/c1-19-32-24(38-33-19)29-9-7-26(8-10-29,18-37-29)17-34(25(35)27-14-28(30,15-27)16-27)22-5-3-4-20(12-22)21-6-11-31-23(13-21)36-2/h3-6,11-13H,7-10,14-18H2,1-2H3. The van der Waals surface area contributed by atoms with Crippen molar-refractivity contribution in [2.45, 2.75) is 63.1 Å². The summed E-state index contributed by atoms with van der Waals surface area (Å²) in [6.07, 6.45) is 6.03. The van der Waals surface area contributed by atoms with E-state index >= 15 is 0 Å². The van der Waals surface area contributed by atoms with Crippen LogP contribution in [0.2, 0.25) is 0 Å². The van der Waals surface area contributed by atoms with Gasteiger partial charge in [-0.3, -0.25) is 4.79 Å². The number of aryl methyl sites for hydroxylation is 1. The van der Waals surface area contributed by atoms with Crippen molar-refractivity contribution in [3.8, 4) is 17.0 Å². The number of amides is 1. The van der Waals surface area contributed by atoms with Crippen LogP contribution in [0, 0.1) is 17.8 Å². The molecule has 9 heteroatoms. The maximum absolute atomic E-state index is 14.5. The van der Waals surface area contributed by atoms with Gasteiger partial charge in [-0.25, -0.2) is 9.37 Å². The summed E-state index contributed by atoms with van der Waals surface area (Å²) in [5.41, 5.74) is 0.311. The fourth-order valence-corrected chi connectivity index (χ4v) is 7.07. The van der Waals surface area contributed by atoms with Crippen LogP contribution in [0.5, 0.6) is 5.88 Å². The number of rotatable bonds is 7. The maximum Gasteiger partial charge on any atom is 0.258 e. The zero-order chi connectivity index (χ0) is 26.2. The molecule has 0 atom stereocenters. The molecule has 8 nitrogen and oxygen atoms in total. The quantitative estimate of drug-likeness (QED) is 0.427. The van der Waals surface area contributed by atoms with E-state index in [1.165, 1.54) is 0 Å². The van der Waals surface area contributed by atoms with E-state index in [4.69, 9.17) is 14.0 Å². The number of hydrogen-bond acceptors (Lipinski definition) is 7. The molecule has 4 bridgehead atoms. The molecule has 0 N–H and O–H groups in total. The zero-order valence-corrected chi connectivity index (χ0v) is 21.7. The van der Waals surface area contributed by atoms with E-state index in [0.717, 1.165) is 42.5 Å².